The Hall–Kier alpha value is -1.62. The number of hydrogen-bond donors (Lipinski definition) is 2. The average molecular weight is 223 g/mol. The Kier molecular flexibility index (Phi) is 5.28. The van der Waals surface area contributed by atoms with Crippen molar-refractivity contribution < 1.29 is 9.53 Å². The van der Waals surface area contributed by atoms with Crippen LogP contribution in [0.2, 0.25) is 0 Å². The van der Waals surface area contributed by atoms with Crippen LogP contribution in [0.5, 0.6) is 5.88 Å². The zero-order chi connectivity index (χ0) is 11.8. The third-order valence-electron chi connectivity index (χ3n) is 2.02. The number of pyridine rings is 1. The number of carbonyl (C=O) groups excluding carboxylic acids is 1. The fourth-order valence-electron chi connectivity index (χ4n) is 1.31. The van der Waals surface area contributed by atoms with Crippen molar-refractivity contribution in [3.8, 4) is 5.88 Å². The molecule has 0 saturated heterocycles. The van der Waals surface area contributed by atoms with Gasteiger partial charge in [-0.05, 0) is 13.0 Å². The van der Waals surface area contributed by atoms with Crippen LogP contribution in [0.15, 0.2) is 18.3 Å². The molecule has 0 aliphatic rings. The number of hydrogen-bond acceptors (Lipinski definition) is 4. The monoisotopic (exact) mass is 223 g/mol. The molecule has 1 amide bonds. The zero-order valence-electron chi connectivity index (χ0n) is 9.62. The van der Waals surface area contributed by atoms with Gasteiger partial charge in [-0.15, -0.1) is 0 Å². The van der Waals surface area contributed by atoms with Crippen molar-refractivity contribution in [2.24, 2.45) is 0 Å². The second-order valence-electron chi connectivity index (χ2n) is 3.23. The maximum absolute atomic E-state index is 11.2. The van der Waals surface area contributed by atoms with Crippen molar-refractivity contribution in [1.82, 2.24) is 15.6 Å². The molecule has 1 rings (SSSR count). The van der Waals surface area contributed by atoms with Crippen LogP contribution >= 0.6 is 0 Å². The van der Waals surface area contributed by atoms with Gasteiger partial charge in [0.25, 0.3) is 0 Å². The van der Waals surface area contributed by atoms with Gasteiger partial charge in [-0.1, -0.05) is 6.07 Å². The van der Waals surface area contributed by atoms with Gasteiger partial charge in [0.1, 0.15) is 0 Å². The number of nitrogens with one attached hydrogen (secondary N) is 2. The van der Waals surface area contributed by atoms with Crippen molar-refractivity contribution in [1.29, 1.82) is 0 Å². The standard InChI is InChI=1S/C11H17N3O2/c1-3-13-10(15)8-12-7-9-5-4-6-14-11(9)16-2/h4-6,12H,3,7-8H2,1-2H3,(H,13,15). The molecule has 0 atom stereocenters. The van der Waals surface area contributed by atoms with Gasteiger partial charge >= 0.3 is 0 Å². The molecule has 0 aliphatic carbocycles. The van der Waals surface area contributed by atoms with E-state index in [-0.39, 0.29) is 5.91 Å². The Morgan fingerprint density at radius 3 is 3.06 bits per heavy atom. The summed E-state index contributed by atoms with van der Waals surface area (Å²) in [7, 11) is 1.58. The highest BCUT2D eigenvalue weighted by atomic mass is 16.5. The van der Waals surface area contributed by atoms with Crippen LogP contribution in [-0.4, -0.2) is 31.1 Å². The van der Waals surface area contributed by atoms with Crippen molar-refractivity contribution >= 4 is 5.91 Å². The summed E-state index contributed by atoms with van der Waals surface area (Å²) in [4.78, 5) is 15.2. The second kappa shape index (κ2) is 6.79. The van der Waals surface area contributed by atoms with E-state index in [0.717, 1.165) is 5.56 Å². The quantitative estimate of drug-likeness (QED) is 0.729. The molecule has 5 heteroatoms. The molecule has 0 aromatic carbocycles. The number of amides is 1. The summed E-state index contributed by atoms with van der Waals surface area (Å²) < 4.78 is 5.10. The number of nitrogens with zero attached hydrogens (tertiary/aromatic N) is 1. The van der Waals surface area contributed by atoms with Crippen molar-refractivity contribution in [3.05, 3.63) is 23.9 Å². The Morgan fingerprint density at radius 1 is 1.56 bits per heavy atom. The third kappa shape index (κ3) is 3.86. The summed E-state index contributed by atoms with van der Waals surface area (Å²) in [5, 5.41) is 5.74. The maximum atomic E-state index is 11.2. The largest absolute Gasteiger partial charge is 0.481 e. The van der Waals surface area contributed by atoms with E-state index in [1.807, 2.05) is 19.1 Å². The first-order chi connectivity index (χ1) is 7.77. The normalized spacial score (nSPS) is 9.88. The van der Waals surface area contributed by atoms with Crippen LogP contribution < -0.4 is 15.4 Å². The van der Waals surface area contributed by atoms with Crippen molar-refractivity contribution in [2.75, 3.05) is 20.2 Å². The molecule has 0 spiro atoms. The van der Waals surface area contributed by atoms with Crippen LogP contribution in [0.1, 0.15) is 12.5 Å². The number of ether oxygens (including phenoxy) is 1. The van der Waals surface area contributed by atoms with Crippen LogP contribution in [0.4, 0.5) is 0 Å². The molecular weight excluding hydrogens is 206 g/mol. The minimum absolute atomic E-state index is 0.00893. The first-order valence-electron chi connectivity index (χ1n) is 5.23. The smallest absolute Gasteiger partial charge is 0.233 e. The number of rotatable bonds is 6. The Labute approximate surface area is 95.2 Å². The lowest BCUT2D eigenvalue weighted by Crippen LogP contribution is -2.33. The van der Waals surface area contributed by atoms with E-state index < -0.39 is 0 Å². The molecule has 88 valence electrons. The first kappa shape index (κ1) is 12.4. The highest BCUT2D eigenvalue weighted by Gasteiger charge is 2.03. The molecule has 0 aliphatic heterocycles. The number of likely N-dealkylation sites (N-methyl/N-ethyl adjacent to an activating group) is 1. The minimum atomic E-state index is -0.00893. The maximum Gasteiger partial charge on any atom is 0.233 e. The minimum Gasteiger partial charge on any atom is -0.481 e. The van der Waals surface area contributed by atoms with Crippen LogP contribution in [0, 0.1) is 0 Å². The predicted molar refractivity (Wildman–Crippen MR) is 61.2 cm³/mol. The van der Waals surface area contributed by atoms with E-state index in [4.69, 9.17) is 4.74 Å². The SMILES string of the molecule is CCNC(=O)CNCc1cccnc1OC. The Bertz CT molecular complexity index is 342. The van der Waals surface area contributed by atoms with E-state index in [2.05, 4.69) is 15.6 Å². The van der Waals surface area contributed by atoms with E-state index in [0.29, 0.717) is 25.5 Å². The van der Waals surface area contributed by atoms with Gasteiger partial charge in [-0.25, -0.2) is 4.98 Å². The van der Waals surface area contributed by atoms with Gasteiger partial charge in [-0.2, -0.15) is 0 Å². The molecule has 1 heterocycles. The average Bonchev–Trinajstić information content (AvgIpc) is 2.30. The summed E-state index contributed by atoms with van der Waals surface area (Å²) in [6, 6.07) is 3.75. The Morgan fingerprint density at radius 2 is 2.38 bits per heavy atom. The highest BCUT2D eigenvalue weighted by molar-refractivity contribution is 5.77. The number of methoxy groups -OCH3 is 1. The molecule has 0 radical (unpaired) electrons. The summed E-state index contributed by atoms with van der Waals surface area (Å²) in [5.74, 6) is 0.580. The Balaban J connectivity index is 2.39. The van der Waals surface area contributed by atoms with Crippen molar-refractivity contribution in [2.45, 2.75) is 13.5 Å². The van der Waals surface area contributed by atoms with Gasteiger partial charge in [0, 0.05) is 24.8 Å². The molecule has 5 nitrogen and oxygen atoms in total. The first-order valence-corrected chi connectivity index (χ1v) is 5.23. The topological polar surface area (TPSA) is 63.2 Å². The second-order valence-corrected chi connectivity index (χ2v) is 3.23. The predicted octanol–water partition coefficient (Wildman–Crippen LogP) is 0.316. The molecule has 2 N–H and O–H groups in total. The summed E-state index contributed by atoms with van der Waals surface area (Å²) in [6.07, 6.45) is 1.67. The van der Waals surface area contributed by atoms with Crippen LogP contribution in [0.3, 0.4) is 0 Å². The molecule has 0 saturated carbocycles. The van der Waals surface area contributed by atoms with E-state index in [9.17, 15) is 4.79 Å². The summed E-state index contributed by atoms with van der Waals surface area (Å²) in [5.41, 5.74) is 0.939. The lowest BCUT2D eigenvalue weighted by molar-refractivity contribution is -0.120. The molecular formula is C11H17N3O2. The van der Waals surface area contributed by atoms with E-state index >= 15 is 0 Å². The molecule has 1 aromatic rings. The highest BCUT2D eigenvalue weighted by Crippen LogP contribution is 2.12. The van der Waals surface area contributed by atoms with Crippen molar-refractivity contribution in [3.63, 3.8) is 0 Å². The van der Waals surface area contributed by atoms with Gasteiger partial charge in [-0.3, -0.25) is 4.79 Å². The molecule has 0 bridgehead atoms. The number of aromatic nitrogens is 1. The molecule has 16 heavy (non-hydrogen) atoms. The zero-order valence-corrected chi connectivity index (χ0v) is 9.62. The van der Waals surface area contributed by atoms with Gasteiger partial charge < -0.3 is 15.4 Å². The summed E-state index contributed by atoms with van der Waals surface area (Å²) in [6.45, 7) is 3.40. The fourth-order valence-corrected chi connectivity index (χ4v) is 1.31. The van der Waals surface area contributed by atoms with Crippen LogP contribution in [-0.2, 0) is 11.3 Å². The molecule has 0 unspecified atom stereocenters. The summed E-state index contributed by atoms with van der Waals surface area (Å²) >= 11 is 0. The number of carbonyl (C=O) groups is 1. The molecule has 1 aromatic heterocycles. The lowest BCUT2D eigenvalue weighted by Gasteiger charge is -2.08. The molecule has 0 fully saturated rings. The van der Waals surface area contributed by atoms with Gasteiger partial charge in [0.2, 0.25) is 11.8 Å². The fraction of sp³-hybridized carbons (Fsp3) is 0.455. The van der Waals surface area contributed by atoms with Gasteiger partial charge in [0.05, 0.1) is 13.7 Å². The third-order valence-corrected chi connectivity index (χ3v) is 2.02. The van der Waals surface area contributed by atoms with Gasteiger partial charge in [0.15, 0.2) is 0 Å². The van der Waals surface area contributed by atoms with E-state index in [1.54, 1.807) is 13.3 Å². The lowest BCUT2D eigenvalue weighted by atomic mass is 10.2. The van der Waals surface area contributed by atoms with Crippen LogP contribution in [0.25, 0.3) is 0 Å². The van der Waals surface area contributed by atoms with E-state index in [1.165, 1.54) is 0 Å².